The van der Waals surface area contributed by atoms with Crippen molar-refractivity contribution in [2.24, 2.45) is 0 Å². The summed E-state index contributed by atoms with van der Waals surface area (Å²) in [4.78, 5) is 37.1. The van der Waals surface area contributed by atoms with Gasteiger partial charge in [0.2, 0.25) is 5.91 Å². The second kappa shape index (κ2) is 8.74. The lowest BCUT2D eigenvalue weighted by atomic mass is 10.1. The molecule has 1 saturated carbocycles. The lowest BCUT2D eigenvalue weighted by Gasteiger charge is -2.27. The third kappa shape index (κ3) is 5.41. The Morgan fingerprint density at radius 1 is 1.22 bits per heavy atom. The van der Waals surface area contributed by atoms with Gasteiger partial charge in [-0.2, -0.15) is 0 Å². The molecule has 23 heavy (non-hydrogen) atoms. The smallest absolute Gasteiger partial charge is 0.325 e. The van der Waals surface area contributed by atoms with E-state index in [1.807, 2.05) is 4.90 Å². The van der Waals surface area contributed by atoms with Gasteiger partial charge in [0.1, 0.15) is 6.54 Å². The summed E-state index contributed by atoms with van der Waals surface area (Å²) in [5, 5.41) is 5.23. The molecule has 2 aliphatic rings. The molecule has 1 aliphatic carbocycles. The summed E-state index contributed by atoms with van der Waals surface area (Å²) in [6, 6.07) is -0.300. The molecule has 0 aromatic rings. The number of carbonyl (C=O) groups is 3. The summed E-state index contributed by atoms with van der Waals surface area (Å²) in [6.07, 6.45) is 7.30. The van der Waals surface area contributed by atoms with E-state index in [2.05, 4.69) is 10.6 Å². The standard InChI is InChI=1S/C16H27N3O4/c1-2-23-15(21)10-17-16(22)18-12-9-14(20)19(11-12)13-7-5-3-4-6-8-13/h12-13H,2-11H2,1H3,(H2,17,18,22). The molecule has 130 valence electrons. The fourth-order valence-electron chi connectivity index (χ4n) is 3.35. The van der Waals surface area contributed by atoms with Crippen LogP contribution in [-0.2, 0) is 14.3 Å². The van der Waals surface area contributed by atoms with Crippen LogP contribution in [0.4, 0.5) is 4.79 Å². The highest BCUT2D eigenvalue weighted by molar-refractivity contribution is 5.83. The van der Waals surface area contributed by atoms with Crippen LogP contribution in [0.15, 0.2) is 0 Å². The van der Waals surface area contributed by atoms with Gasteiger partial charge >= 0.3 is 12.0 Å². The molecular weight excluding hydrogens is 298 g/mol. The van der Waals surface area contributed by atoms with Gasteiger partial charge in [-0.25, -0.2) is 4.79 Å². The van der Waals surface area contributed by atoms with Gasteiger partial charge in [-0.05, 0) is 19.8 Å². The molecule has 3 amide bonds. The Balaban J connectivity index is 1.75. The van der Waals surface area contributed by atoms with Crippen molar-refractivity contribution < 1.29 is 19.1 Å². The normalized spacial score (nSPS) is 22.6. The van der Waals surface area contributed by atoms with E-state index in [4.69, 9.17) is 4.74 Å². The predicted molar refractivity (Wildman–Crippen MR) is 84.8 cm³/mol. The topological polar surface area (TPSA) is 87.7 Å². The van der Waals surface area contributed by atoms with Crippen molar-refractivity contribution >= 4 is 17.9 Å². The first-order chi connectivity index (χ1) is 11.1. The summed E-state index contributed by atoms with van der Waals surface area (Å²) < 4.78 is 4.74. The number of rotatable bonds is 5. The van der Waals surface area contributed by atoms with Crippen LogP contribution in [0.25, 0.3) is 0 Å². The van der Waals surface area contributed by atoms with Gasteiger partial charge in [0, 0.05) is 19.0 Å². The Morgan fingerprint density at radius 3 is 2.57 bits per heavy atom. The number of nitrogens with zero attached hydrogens (tertiary/aromatic N) is 1. The van der Waals surface area contributed by atoms with E-state index in [0.29, 0.717) is 19.0 Å². The average Bonchev–Trinajstić information content (AvgIpc) is 2.73. The monoisotopic (exact) mass is 325 g/mol. The average molecular weight is 325 g/mol. The molecule has 2 N–H and O–H groups in total. The molecule has 0 radical (unpaired) electrons. The van der Waals surface area contributed by atoms with E-state index in [1.165, 1.54) is 25.7 Å². The molecule has 1 saturated heterocycles. The van der Waals surface area contributed by atoms with Crippen molar-refractivity contribution in [1.82, 2.24) is 15.5 Å². The predicted octanol–water partition coefficient (Wildman–Crippen LogP) is 1.17. The molecule has 0 aromatic heterocycles. The quantitative estimate of drug-likeness (QED) is 0.587. The van der Waals surface area contributed by atoms with Gasteiger partial charge in [-0.3, -0.25) is 9.59 Å². The molecule has 1 heterocycles. The number of esters is 1. The highest BCUT2D eigenvalue weighted by Crippen LogP contribution is 2.25. The van der Waals surface area contributed by atoms with Crippen molar-refractivity contribution in [2.45, 2.75) is 64.0 Å². The maximum Gasteiger partial charge on any atom is 0.325 e. The minimum absolute atomic E-state index is 0.118. The summed E-state index contributed by atoms with van der Waals surface area (Å²) in [5.41, 5.74) is 0. The highest BCUT2D eigenvalue weighted by atomic mass is 16.5. The zero-order valence-corrected chi connectivity index (χ0v) is 13.8. The summed E-state index contributed by atoms with van der Waals surface area (Å²) in [7, 11) is 0. The fourth-order valence-corrected chi connectivity index (χ4v) is 3.35. The molecule has 1 atom stereocenters. The van der Waals surface area contributed by atoms with Gasteiger partial charge in [0.25, 0.3) is 0 Å². The minimum Gasteiger partial charge on any atom is -0.465 e. The SMILES string of the molecule is CCOC(=O)CNC(=O)NC1CC(=O)N(C2CCCCCC2)C1. The van der Waals surface area contributed by atoms with Gasteiger partial charge in [0.05, 0.1) is 12.6 Å². The molecule has 7 nitrogen and oxygen atoms in total. The Labute approximate surface area is 137 Å². The molecule has 0 bridgehead atoms. The van der Waals surface area contributed by atoms with Gasteiger partial charge in [-0.15, -0.1) is 0 Å². The zero-order chi connectivity index (χ0) is 16.7. The number of likely N-dealkylation sites (tertiary alicyclic amines) is 1. The Morgan fingerprint density at radius 2 is 1.91 bits per heavy atom. The Hall–Kier alpha value is -1.79. The lowest BCUT2D eigenvalue weighted by Crippen LogP contribution is -2.45. The van der Waals surface area contributed by atoms with E-state index >= 15 is 0 Å². The summed E-state index contributed by atoms with van der Waals surface area (Å²) >= 11 is 0. The second-order valence-corrected chi connectivity index (χ2v) is 6.22. The second-order valence-electron chi connectivity index (χ2n) is 6.22. The van der Waals surface area contributed by atoms with E-state index in [9.17, 15) is 14.4 Å². The third-order valence-electron chi connectivity index (χ3n) is 4.46. The minimum atomic E-state index is -0.467. The van der Waals surface area contributed by atoms with Crippen molar-refractivity contribution in [3.63, 3.8) is 0 Å². The van der Waals surface area contributed by atoms with Crippen LogP contribution in [0.5, 0.6) is 0 Å². The highest BCUT2D eigenvalue weighted by Gasteiger charge is 2.35. The molecule has 7 heteroatoms. The van der Waals surface area contributed by atoms with Gasteiger partial charge in [-0.1, -0.05) is 25.7 Å². The van der Waals surface area contributed by atoms with Crippen LogP contribution in [0.1, 0.15) is 51.9 Å². The van der Waals surface area contributed by atoms with Crippen molar-refractivity contribution in [3.8, 4) is 0 Å². The van der Waals surface area contributed by atoms with E-state index in [1.54, 1.807) is 6.92 Å². The van der Waals surface area contributed by atoms with Crippen LogP contribution in [0.3, 0.4) is 0 Å². The Kier molecular flexibility index (Phi) is 6.67. The number of nitrogens with one attached hydrogen (secondary N) is 2. The van der Waals surface area contributed by atoms with E-state index in [0.717, 1.165) is 12.8 Å². The third-order valence-corrected chi connectivity index (χ3v) is 4.46. The van der Waals surface area contributed by atoms with Crippen LogP contribution in [0, 0.1) is 0 Å². The van der Waals surface area contributed by atoms with Crippen molar-refractivity contribution in [3.05, 3.63) is 0 Å². The molecular formula is C16H27N3O4. The molecule has 0 spiro atoms. The number of amides is 3. The van der Waals surface area contributed by atoms with Crippen molar-refractivity contribution in [1.29, 1.82) is 0 Å². The summed E-state index contributed by atoms with van der Waals surface area (Å²) in [5.74, 6) is -0.349. The van der Waals surface area contributed by atoms with Gasteiger partial charge in [0.15, 0.2) is 0 Å². The Bertz CT molecular complexity index is 433. The van der Waals surface area contributed by atoms with Crippen LogP contribution >= 0.6 is 0 Å². The van der Waals surface area contributed by atoms with E-state index < -0.39 is 12.0 Å². The van der Waals surface area contributed by atoms with Crippen molar-refractivity contribution in [2.75, 3.05) is 19.7 Å². The molecule has 1 unspecified atom stereocenters. The van der Waals surface area contributed by atoms with E-state index in [-0.39, 0.29) is 25.1 Å². The molecule has 0 aromatic carbocycles. The number of hydrogen-bond acceptors (Lipinski definition) is 4. The van der Waals surface area contributed by atoms with Gasteiger partial charge < -0.3 is 20.3 Å². The lowest BCUT2D eigenvalue weighted by molar-refractivity contribution is -0.141. The number of urea groups is 1. The first-order valence-corrected chi connectivity index (χ1v) is 8.59. The maximum atomic E-state index is 12.2. The van der Waals surface area contributed by atoms with Crippen LogP contribution in [0.2, 0.25) is 0 Å². The molecule has 2 fully saturated rings. The number of carbonyl (C=O) groups excluding carboxylic acids is 3. The fraction of sp³-hybridized carbons (Fsp3) is 0.812. The molecule has 2 rings (SSSR count). The first kappa shape index (κ1) is 17.6. The molecule has 1 aliphatic heterocycles. The maximum absolute atomic E-state index is 12.2. The summed E-state index contributed by atoms with van der Waals surface area (Å²) in [6.45, 7) is 2.41. The van der Waals surface area contributed by atoms with Crippen LogP contribution < -0.4 is 10.6 Å². The zero-order valence-electron chi connectivity index (χ0n) is 13.8. The number of ether oxygens (including phenoxy) is 1. The first-order valence-electron chi connectivity index (χ1n) is 8.59. The van der Waals surface area contributed by atoms with Crippen LogP contribution in [-0.4, -0.2) is 54.6 Å². The number of hydrogen-bond donors (Lipinski definition) is 2. The largest absolute Gasteiger partial charge is 0.465 e.